The van der Waals surface area contributed by atoms with Gasteiger partial charge >= 0.3 is 0 Å². The minimum atomic E-state index is -0.0186. The van der Waals surface area contributed by atoms with Crippen molar-refractivity contribution in [3.8, 4) is 0 Å². The van der Waals surface area contributed by atoms with E-state index in [2.05, 4.69) is 49.6 Å². The van der Waals surface area contributed by atoms with Gasteiger partial charge in [-0.15, -0.1) is 6.58 Å². The van der Waals surface area contributed by atoms with Crippen LogP contribution in [0.15, 0.2) is 43.0 Å². The molecule has 0 bridgehead atoms. The number of nitrogens with zero attached hydrogens (tertiary/aromatic N) is 1. The second-order valence-corrected chi connectivity index (χ2v) is 6.32. The van der Waals surface area contributed by atoms with Gasteiger partial charge in [0.25, 0.3) is 0 Å². The first-order valence-electron chi connectivity index (χ1n) is 7.73. The molecule has 1 aliphatic rings. The highest BCUT2D eigenvalue weighted by Crippen LogP contribution is 2.34. The predicted octanol–water partition coefficient (Wildman–Crippen LogP) is 2.85. The Bertz CT molecular complexity index is 440. The Hall–Kier alpha value is -1.16. The van der Waals surface area contributed by atoms with E-state index in [1.807, 2.05) is 12.1 Å². The number of ether oxygens (including phenoxy) is 1. The van der Waals surface area contributed by atoms with E-state index in [-0.39, 0.29) is 18.2 Å². The van der Waals surface area contributed by atoms with Crippen molar-refractivity contribution in [1.82, 2.24) is 4.90 Å². The van der Waals surface area contributed by atoms with Crippen LogP contribution in [0.5, 0.6) is 0 Å². The molecule has 0 spiro atoms. The van der Waals surface area contributed by atoms with Gasteiger partial charge in [-0.05, 0) is 17.9 Å². The Balaban J connectivity index is 2.27. The molecule has 3 nitrogen and oxygen atoms in total. The Labute approximate surface area is 128 Å². The number of hydrogen-bond acceptors (Lipinski definition) is 3. The maximum absolute atomic E-state index is 9.89. The number of rotatable bonds is 8. The van der Waals surface area contributed by atoms with Crippen LogP contribution in [0.4, 0.5) is 0 Å². The van der Waals surface area contributed by atoms with Gasteiger partial charge in [0.2, 0.25) is 0 Å². The first kappa shape index (κ1) is 16.2. The third-order valence-corrected chi connectivity index (χ3v) is 4.43. The summed E-state index contributed by atoms with van der Waals surface area (Å²) in [4.78, 5) is 2.43. The largest absolute Gasteiger partial charge is 0.395 e. The summed E-state index contributed by atoms with van der Waals surface area (Å²) in [5.74, 6) is 0.390. The predicted molar refractivity (Wildman–Crippen MR) is 86.1 cm³/mol. The molecule has 21 heavy (non-hydrogen) atoms. The molecule has 1 saturated heterocycles. The lowest BCUT2D eigenvalue weighted by Crippen LogP contribution is -2.65. The highest BCUT2D eigenvalue weighted by molar-refractivity contribution is 5.16. The monoisotopic (exact) mass is 289 g/mol. The van der Waals surface area contributed by atoms with Crippen molar-refractivity contribution in [3.05, 3.63) is 48.6 Å². The molecular weight excluding hydrogens is 262 g/mol. The van der Waals surface area contributed by atoms with Crippen LogP contribution < -0.4 is 0 Å². The summed E-state index contributed by atoms with van der Waals surface area (Å²) in [6.45, 7) is 10.7. The lowest BCUT2D eigenvalue weighted by Gasteiger charge is -2.53. The van der Waals surface area contributed by atoms with E-state index in [4.69, 9.17) is 4.74 Å². The molecule has 0 unspecified atom stereocenters. The molecule has 1 atom stereocenters. The Morgan fingerprint density at radius 2 is 2.00 bits per heavy atom. The molecule has 1 aromatic rings. The summed E-state index contributed by atoms with van der Waals surface area (Å²) in [6.07, 6.45) is 2.86. The Morgan fingerprint density at radius 1 is 1.33 bits per heavy atom. The summed E-state index contributed by atoms with van der Waals surface area (Å²) in [6, 6.07) is 10.6. The van der Waals surface area contributed by atoms with E-state index in [9.17, 15) is 5.11 Å². The lowest BCUT2D eigenvalue weighted by molar-refractivity contribution is -0.166. The quantitative estimate of drug-likeness (QED) is 0.747. The van der Waals surface area contributed by atoms with Gasteiger partial charge in [-0.1, -0.05) is 50.3 Å². The van der Waals surface area contributed by atoms with Crippen molar-refractivity contribution >= 4 is 0 Å². The molecule has 1 aliphatic heterocycles. The van der Waals surface area contributed by atoms with Crippen LogP contribution in [0.3, 0.4) is 0 Å². The van der Waals surface area contributed by atoms with E-state index in [1.54, 1.807) is 0 Å². The van der Waals surface area contributed by atoms with Gasteiger partial charge < -0.3 is 9.84 Å². The molecule has 0 aliphatic carbocycles. The molecule has 0 amide bonds. The van der Waals surface area contributed by atoms with E-state index in [0.717, 1.165) is 26.2 Å². The van der Waals surface area contributed by atoms with Crippen molar-refractivity contribution in [3.63, 3.8) is 0 Å². The fourth-order valence-electron chi connectivity index (χ4n) is 3.09. The van der Waals surface area contributed by atoms with Crippen LogP contribution in [0.2, 0.25) is 0 Å². The molecule has 1 heterocycles. The maximum Gasteiger partial charge on any atom is 0.0719 e. The third-order valence-electron chi connectivity index (χ3n) is 4.43. The number of aliphatic hydroxyl groups is 1. The molecule has 0 aromatic heterocycles. The van der Waals surface area contributed by atoms with E-state index in [1.165, 1.54) is 5.56 Å². The van der Waals surface area contributed by atoms with Crippen LogP contribution in [-0.2, 0) is 11.3 Å². The topological polar surface area (TPSA) is 32.7 Å². The SMILES string of the molecule is C=CCC1(N(Cc2ccccc2)[C@H](CO)C(C)C)COC1. The highest BCUT2D eigenvalue weighted by Gasteiger charge is 2.46. The second-order valence-electron chi connectivity index (χ2n) is 6.32. The van der Waals surface area contributed by atoms with Gasteiger partial charge in [-0.3, -0.25) is 4.90 Å². The zero-order valence-corrected chi connectivity index (χ0v) is 13.2. The van der Waals surface area contributed by atoms with E-state index in [0.29, 0.717) is 5.92 Å². The van der Waals surface area contributed by atoms with Crippen LogP contribution in [0.25, 0.3) is 0 Å². The Kier molecular flexibility index (Phi) is 5.57. The Morgan fingerprint density at radius 3 is 2.43 bits per heavy atom. The van der Waals surface area contributed by atoms with E-state index >= 15 is 0 Å². The normalized spacial score (nSPS) is 18.5. The number of aliphatic hydroxyl groups excluding tert-OH is 1. The third kappa shape index (κ3) is 3.54. The molecule has 2 rings (SSSR count). The highest BCUT2D eigenvalue weighted by atomic mass is 16.5. The van der Waals surface area contributed by atoms with Crippen molar-refractivity contribution < 1.29 is 9.84 Å². The molecule has 1 N–H and O–H groups in total. The molecule has 116 valence electrons. The molecule has 1 aromatic carbocycles. The second kappa shape index (κ2) is 7.21. The lowest BCUT2D eigenvalue weighted by atomic mass is 9.86. The van der Waals surface area contributed by atoms with Gasteiger partial charge in [-0.25, -0.2) is 0 Å². The fourth-order valence-corrected chi connectivity index (χ4v) is 3.09. The first-order chi connectivity index (χ1) is 10.1. The van der Waals surface area contributed by atoms with Gasteiger partial charge in [-0.2, -0.15) is 0 Å². The fraction of sp³-hybridized carbons (Fsp3) is 0.556. The number of benzene rings is 1. The van der Waals surface area contributed by atoms with Crippen LogP contribution in [-0.4, -0.2) is 41.4 Å². The summed E-state index contributed by atoms with van der Waals surface area (Å²) in [7, 11) is 0. The van der Waals surface area contributed by atoms with Gasteiger partial charge in [0.1, 0.15) is 0 Å². The summed E-state index contributed by atoms with van der Waals surface area (Å²) in [5.41, 5.74) is 1.25. The van der Waals surface area contributed by atoms with Crippen molar-refractivity contribution in [2.24, 2.45) is 5.92 Å². The van der Waals surface area contributed by atoms with Crippen LogP contribution in [0.1, 0.15) is 25.8 Å². The molecule has 1 fully saturated rings. The van der Waals surface area contributed by atoms with Crippen molar-refractivity contribution in [1.29, 1.82) is 0 Å². The average molecular weight is 289 g/mol. The smallest absolute Gasteiger partial charge is 0.0719 e. The molecule has 0 saturated carbocycles. The molecule has 0 radical (unpaired) electrons. The summed E-state index contributed by atoms with van der Waals surface area (Å²) >= 11 is 0. The minimum Gasteiger partial charge on any atom is -0.395 e. The van der Waals surface area contributed by atoms with Gasteiger partial charge in [0.05, 0.1) is 25.4 Å². The molecular formula is C18H27NO2. The van der Waals surface area contributed by atoms with Crippen molar-refractivity contribution in [2.75, 3.05) is 19.8 Å². The van der Waals surface area contributed by atoms with E-state index < -0.39 is 0 Å². The van der Waals surface area contributed by atoms with Gasteiger partial charge in [0, 0.05) is 12.6 Å². The molecule has 3 heteroatoms. The average Bonchev–Trinajstić information content (AvgIpc) is 2.43. The standard InChI is InChI=1S/C18H27NO2/c1-4-10-18(13-21-14-18)19(17(12-20)15(2)3)11-16-8-6-5-7-9-16/h4-9,15,17,20H,1,10-14H2,2-3H3/t17-/m1/s1. The van der Waals surface area contributed by atoms with Crippen LogP contribution in [0, 0.1) is 5.92 Å². The number of hydrogen-bond donors (Lipinski definition) is 1. The van der Waals surface area contributed by atoms with Gasteiger partial charge in [0.15, 0.2) is 0 Å². The zero-order valence-electron chi connectivity index (χ0n) is 13.2. The summed E-state index contributed by atoms with van der Waals surface area (Å²) in [5, 5.41) is 9.89. The van der Waals surface area contributed by atoms with Crippen LogP contribution >= 0.6 is 0 Å². The first-order valence-corrected chi connectivity index (χ1v) is 7.73. The zero-order chi connectivity index (χ0) is 15.3. The maximum atomic E-state index is 9.89. The van der Waals surface area contributed by atoms with Crippen molar-refractivity contribution in [2.45, 2.75) is 38.4 Å². The minimum absolute atomic E-state index is 0.0186. The summed E-state index contributed by atoms with van der Waals surface area (Å²) < 4.78 is 5.51.